The average Bonchev–Trinajstić information content (AvgIpc) is 2.73. The molecular weight excluding hydrogens is 369 g/mol. The minimum atomic E-state index is -0.464. The summed E-state index contributed by atoms with van der Waals surface area (Å²) in [5.41, 5.74) is 6.67. The number of aromatic hydroxyl groups is 1. The minimum Gasteiger partial charge on any atom is -0.508 e. The van der Waals surface area contributed by atoms with E-state index >= 15 is 0 Å². The van der Waals surface area contributed by atoms with Crippen LogP contribution in [0.25, 0.3) is 0 Å². The van der Waals surface area contributed by atoms with Gasteiger partial charge in [0.15, 0.2) is 11.6 Å². The molecule has 1 aromatic heterocycles. The molecule has 29 heavy (non-hydrogen) atoms. The first-order valence-corrected chi connectivity index (χ1v) is 10.6. The van der Waals surface area contributed by atoms with E-state index in [4.69, 9.17) is 5.73 Å². The van der Waals surface area contributed by atoms with Gasteiger partial charge >= 0.3 is 0 Å². The third-order valence-electron chi connectivity index (χ3n) is 5.76. The van der Waals surface area contributed by atoms with Gasteiger partial charge in [0.25, 0.3) is 0 Å². The lowest BCUT2D eigenvalue weighted by Gasteiger charge is -2.34. The normalized spacial score (nSPS) is 21.7. The molecule has 7 heteroatoms. The predicted molar refractivity (Wildman–Crippen MR) is 114 cm³/mol. The van der Waals surface area contributed by atoms with Crippen LogP contribution in [0.1, 0.15) is 44.6 Å². The fourth-order valence-corrected chi connectivity index (χ4v) is 4.36. The Morgan fingerprint density at radius 3 is 2.66 bits per heavy atom. The number of halogens is 1. The zero-order chi connectivity index (χ0) is 20.6. The van der Waals surface area contributed by atoms with Crippen LogP contribution >= 0.6 is 0 Å². The first-order valence-electron chi connectivity index (χ1n) is 10.6. The molecule has 6 nitrogen and oxygen atoms in total. The third kappa shape index (κ3) is 6.03. The predicted octanol–water partition coefficient (Wildman–Crippen LogP) is 4.14. The summed E-state index contributed by atoms with van der Waals surface area (Å²) in [6.07, 6.45) is 7.04. The topological polar surface area (TPSA) is 96.1 Å². The van der Waals surface area contributed by atoms with E-state index in [1.807, 2.05) is 12.1 Å². The number of phenolic OH excluding ortho intramolecular Hbond substituents is 1. The second-order valence-electron chi connectivity index (χ2n) is 8.08. The highest BCUT2D eigenvalue weighted by Gasteiger charge is 2.27. The lowest BCUT2D eigenvalue weighted by atomic mass is 9.73. The van der Waals surface area contributed by atoms with Crippen LogP contribution in [0.15, 0.2) is 30.5 Å². The van der Waals surface area contributed by atoms with Crippen molar-refractivity contribution in [3.8, 4) is 5.75 Å². The van der Waals surface area contributed by atoms with E-state index in [2.05, 4.69) is 27.5 Å². The van der Waals surface area contributed by atoms with Gasteiger partial charge in [0.1, 0.15) is 5.75 Å². The van der Waals surface area contributed by atoms with E-state index in [-0.39, 0.29) is 11.6 Å². The molecule has 0 spiro atoms. The van der Waals surface area contributed by atoms with Gasteiger partial charge in [-0.25, -0.2) is 9.37 Å². The molecule has 0 bridgehead atoms. The summed E-state index contributed by atoms with van der Waals surface area (Å²) in [5, 5.41) is 16.1. The fourth-order valence-electron chi connectivity index (χ4n) is 4.36. The first kappa shape index (κ1) is 21.3. The molecule has 3 rings (SSSR count). The quantitative estimate of drug-likeness (QED) is 0.504. The molecule has 1 aliphatic rings. The Bertz CT molecular complexity index is 788. The molecular formula is C22H32FN5O. The molecule has 0 saturated heterocycles. The number of nitrogens with two attached hydrogens (primary N) is 1. The second-order valence-corrected chi connectivity index (χ2v) is 8.08. The summed E-state index contributed by atoms with van der Waals surface area (Å²) < 4.78 is 14.2. The second kappa shape index (κ2) is 10.4. The molecule has 1 aliphatic carbocycles. The van der Waals surface area contributed by atoms with Gasteiger partial charge in [0, 0.05) is 18.7 Å². The van der Waals surface area contributed by atoms with Gasteiger partial charge < -0.3 is 21.5 Å². The Morgan fingerprint density at radius 2 is 1.90 bits per heavy atom. The van der Waals surface area contributed by atoms with Gasteiger partial charge in [0.2, 0.25) is 5.95 Å². The Labute approximate surface area is 172 Å². The maximum atomic E-state index is 14.2. The van der Waals surface area contributed by atoms with E-state index in [0.717, 1.165) is 24.9 Å². The molecule has 1 saturated carbocycles. The van der Waals surface area contributed by atoms with Crippen LogP contribution in [0.2, 0.25) is 0 Å². The first-order chi connectivity index (χ1) is 14.1. The standard InChI is InChI=1S/C22H32FN5O/c1-2-5-15-8-16(11-24)10-17(9-15)12-25-21-19(23)14-27-22(28-21)26-13-18-6-3-4-7-20(18)29/h3-4,6-7,14-17,29H,2,5,8-13,24H2,1H3,(H2,25,26,27,28)/t15?,16-,17-/m1/s1. The van der Waals surface area contributed by atoms with Crippen LogP contribution < -0.4 is 16.4 Å². The van der Waals surface area contributed by atoms with Gasteiger partial charge in [-0.3, -0.25) is 0 Å². The third-order valence-corrected chi connectivity index (χ3v) is 5.76. The van der Waals surface area contributed by atoms with Crippen molar-refractivity contribution in [1.82, 2.24) is 9.97 Å². The monoisotopic (exact) mass is 401 g/mol. The molecule has 2 aromatic rings. The van der Waals surface area contributed by atoms with Crippen molar-refractivity contribution in [2.24, 2.45) is 23.5 Å². The van der Waals surface area contributed by atoms with E-state index in [1.165, 1.54) is 25.5 Å². The van der Waals surface area contributed by atoms with Crippen LogP contribution in [-0.4, -0.2) is 28.2 Å². The largest absolute Gasteiger partial charge is 0.508 e. The van der Waals surface area contributed by atoms with E-state index in [1.54, 1.807) is 12.1 Å². The molecule has 0 radical (unpaired) electrons. The van der Waals surface area contributed by atoms with Crippen molar-refractivity contribution in [2.75, 3.05) is 23.7 Å². The smallest absolute Gasteiger partial charge is 0.225 e. The van der Waals surface area contributed by atoms with Gasteiger partial charge in [-0.15, -0.1) is 0 Å². The Morgan fingerprint density at radius 1 is 1.14 bits per heavy atom. The molecule has 1 unspecified atom stereocenters. The Balaban J connectivity index is 1.59. The Kier molecular flexibility index (Phi) is 7.63. The van der Waals surface area contributed by atoms with Crippen molar-refractivity contribution in [3.05, 3.63) is 41.8 Å². The molecule has 1 heterocycles. The summed E-state index contributed by atoms with van der Waals surface area (Å²) >= 11 is 0. The lowest BCUT2D eigenvalue weighted by Crippen LogP contribution is -2.31. The van der Waals surface area contributed by atoms with Crippen molar-refractivity contribution < 1.29 is 9.50 Å². The SMILES string of the molecule is CCCC1C[C@@H](CN)C[C@H](CNc2nc(NCc3ccccc3O)ncc2F)C1. The number of aromatic nitrogens is 2. The summed E-state index contributed by atoms with van der Waals surface area (Å²) in [5.74, 6) is 2.01. The van der Waals surface area contributed by atoms with E-state index in [0.29, 0.717) is 36.8 Å². The average molecular weight is 402 g/mol. The van der Waals surface area contributed by atoms with Gasteiger partial charge in [-0.2, -0.15) is 4.98 Å². The number of para-hydroxylation sites is 1. The lowest BCUT2D eigenvalue weighted by molar-refractivity contribution is 0.196. The summed E-state index contributed by atoms with van der Waals surface area (Å²) in [7, 11) is 0. The maximum absolute atomic E-state index is 14.2. The zero-order valence-electron chi connectivity index (χ0n) is 17.1. The number of rotatable bonds is 9. The summed E-state index contributed by atoms with van der Waals surface area (Å²) in [4.78, 5) is 8.29. The van der Waals surface area contributed by atoms with Crippen molar-refractivity contribution >= 4 is 11.8 Å². The van der Waals surface area contributed by atoms with Gasteiger partial charge in [0.05, 0.1) is 6.20 Å². The molecule has 0 aliphatic heterocycles. The molecule has 158 valence electrons. The number of nitrogens with zero attached hydrogens (tertiary/aromatic N) is 2. The highest BCUT2D eigenvalue weighted by atomic mass is 19.1. The minimum absolute atomic E-state index is 0.203. The van der Waals surface area contributed by atoms with Crippen LogP contribution in [0.4, 0.5) is 16.2 Å². The molecule has 5 N–H and O–H groups in total. The maximum Gasteiger partial charge on any atom is 0.225 e. The number of hydrogen-bond acceptors (Lipinski definition) is 6. The summed E-state index contributed by atoms with van der Waals surface area (Å²) in [6.45, 7) is 3.99. The van der Waals surface area contributed by atoms with Crippen LogP contribution in [0.3, 0.4) is 0 Å². The number of benzene rings is 1. The van der Waals surface area contributed by atoms with Crippen molar-refractivity contribution in [3.63, 3.8) is 0 Å². The van der Waals surface area contributed by atoms with Gasteiger partial charge in [-0.05, 0) is 49.6 Å². The number of phenols is 1. The summed E-state index contributed by atoms with van der Waals surface area (Å²) in [6, 6.07) is 7.05. The fraction of sp³-hybridized carbons (Fsp3) is 0.545. The molecule has 1 fully saturated rings. The van der Waals surface area contributed by atoms with Crippen molar-refractivity contribution in [1.29, 1.82) is 0 Å². The zero-order valence-corrected chi connectivity index (χ0v) is 17.1. The molecule has 0 amide bonds. The van der Waals surface area contributed by atoms with Crippen LogP contribution in [0.5, 0.6) is 5.75 Å². The number of nitrogens with one attached hydrogen (secondary N) is 2. The van der Waals surface area contributed by atoms with E-state index < -0.39 is 5.82 Å². The van der Waals surface area contributed by atoms with Crippen LogP contribution in [0, 0.1) is 23.6 Å². The highest BCUT2D eigenvalue weighted by Crippen LogP contribution is 2.35. The van der Waals surface area contributed by atoms with Crippen molar-refractivity contribution in [2.45, 2.75) is 45.6 Å². The highest BCUT2D eigenvalue weighted by molar-refractivity contribution is 5.42. The number of anilines is 2. The van der Waals surface area contributed by atoms with E-state index in [9.17, 15) is 9.50 Å². The van der Waals surface area contributed by atoms with Gasteiger partial charge in [-0.1, -0.05) is 38.0 Å². The number of hydrogen-bond donors (Lipinski definition) is 4. The Hall–Kier alpha value is -2.41. The molecule has 3 atom stereocenters. The van der Waals surface area contributed by atoms with Crippen LogP contribution in [-0.2, 0) is 6.54 Å². The molecule has 1 aromatic carbocycles.